The number of rotatable bonds is 4. The summed E-state index contributed by atoms with van der Waals surface area (Å²) in [7, 11) is 1.64. The van der Waals surface area contributed by atoms with E-state index < -0.39 is 23.0 Å². The van der Waals surface area contributed by atoms with Crippen molar-refractivity contribution >= 4 is 17.4 Å². The van der Waals surface area contributed by atoms with Crippen LogP contribution in [0.25, 0.3) is 0 Å². The van der Waals surface area contributed by atoms with E-state index in [1.807, 2.05) is 6.92 Å². The van der Waals surface area contributed by atoms with E-state index in [1.54, 1.807) is 7.05 Å². The Balaban J connectivity index is 2.36. The molecule has 0 unspecified atom stereocenters. The fourth-order valence-electron chi connectivity index (χ4n) is 2.02. The van der Waals surface area contributed by atoms with Gasteiger partial charge < -0.3 is 0 Å². The zero-order valence-electron chi connectivity index (χ0n) is 11.1. The van der Waals surface area contributed by atoms with Gasteiger partial charge in [-0.05, 0) is 18.6 Å². The van der Waals surface area contributed by atoms with Gasteiger partial charge in [-0.15, -0.1) is 0 Å². The molecule has 0 saturated heterocycles. The predicted octanol–water partition coefficient (Wildman–Crippen LogP) is 3.34. The highest BCUT2D eigenvalue weighted by atomic mass is 35.5. The summed E-state index contributed by atoms with van der Waals surface area (Å²) in [6.45, 7) is 1.89. The van der Waals surface area contributed by atoms with Crippen LogP contribution in [-0.2, 0) is 19.9 Å². The Hall–Kier alpha value is -1.75. The van der Waals surface area contributed by atoms with Gasteiger partial charge in [0.25, 0.3) is 0 Å². The molecule has 2 aromatic rings. The number of carbonyl (C=O) groups is 1. The third-order valence-corrected chi connectivity index (χ3v) is 3.51. The Morgan fingerprint density at radius 1 is 1.35 bits per heavy atom. The molecule has 20 heavy (non-hydrogen) atoms. The normalized spacial score (nSPS) is 10.8. The topological polar surface area (TPSA) is 34.9 Å². The maximum atomic E-state index is 13.6. The molecule has 0 aliphatic heterocycles. The number of hydrogen-bond acceptors (Lipinski definition) is 2. The van der Waals surface area contributed by atoms with E-state index in [2.05, 4.69) is 5.10 Å². The number of benzene rings is 1. The molecule has 0 saturated carbocycles. The summed E-state index contributed by atoms with van der Waals surface area (Å²) in [6, 6.07) is 3.32. The van der Waals surface area contributed by atoms with Crippen LogP contribution in [0.2, 0.25) is 5.02 Å². The Labute approximate surface area is 120 Å². The van der Waals surface area contributed by atoms with Gasteiger partial charge in [0.15, 0.2) is 5.78 Å². The zero-order chi connectivity index (χ0) is 14.9. The molecule has 1 aromatic heterocycles. The lowest BCUT2D eigenvalue weighted by Gasteiger charge is -2.05. The zero-order valence-corrected chi connectivity index (χ0v) is 11.8. The van der Waals surface area contributed by atoms with Crippen LogP contribution in [0.1, 0.15) is 28.7 Å². The van der Waals surface area contributed by atoms with Crippen molar-refractivity contribution in [2.75, 3.05) is 0 Å². The van der Waals surface area contributed by atoms with Crippen molar-refractivity contribution < 1.29 is 13.6 Å². The van der Waals surface area contributed by atoms with Gasteiger partial charge >= 0.3 is 0 Å². The van der Waals surface area contributed by atoms with Crippen LogP contribution in [0.15, 0.2) is 18.2 Å². The molecule has 0 N–H and O–H groups in total. The quantitative estimate of drug-likeness (QED) is 0.812. The van der Waals surface area contributed by atoms with Crippen LogP contribution in [-0.4, -0.2) is 15.6 Å². The first-order valence-electron chi connectivity index (χ1n) is 6.13. The Kier molecular flexibility index (Phi) is 4.18. The van der Waals surface area contributed by atoms with E-state index >= 15 is 0 Å². The fourth-order valence-corrected chi connectivity index (χ4v) is 2.38. The number of nitrogens with zero attached hydrogens (tertiary/aromatic N) is 2. The molecule has 0 aliphatic carbocycles. The largest absolute Gasteiger partial charge is 0.294 e. The molecule has 0 atom stereocenters. The molecule has 0 amide bonds. The monoisotopic (exact) mass is 298 g/mol. The second-order valence-corrected chi connectivity index (χ2v) is 4.76. The number of ketones is 1. The minimum absolute atomic E-state index is 0.194. The molecule has 1 heterocycles. The molecular formula is C14H13ClF2N2O. The predicted molar refractivity (Wildman–Crippen MR) is 72.0 cm³/mol. The highest BCUT2D eigenvalue weighted by Gasteiger charge is 2.21. The van der Waals surface area contributed by atoms with E-state index in [-0.39, 0.29) is 6.42 Å². The molecule has 3 nitrogen and oxygen atoms in total. The molecular weight excluding hydrogens is 286 g/mol. The molecule has 1 aromatic carbocycles. The molecule has 2 rings (SSSR count). The van der Waals surface area contributed by atoms with E-state index in [0.29, 0.717) is 22.8 Å². The number of hydrogen-bond donors (Lipinski definition) is 0. The SMILES string of the molecule is CCc1nn(C)c(CC(=O)c2c(F)cccc2F)c1Cl. The van der Waals surface area contributed by atoms with Crippen LogP contribution in [0.3, 0.4) is 0 Å². The standard InChI is InChI=1S/C14H13ClF2N2O/c1-3-10-14(15)11(19(2)18-10)7-12(20)13-8(16)5-4-6-9(13)17/h4-6H,3,7H2,1-2H3. The minimum Gasteiger partial charge on any atom is -0.294 e. The average Bonchev–Trinajstić information content (AvgIpc) is 2.66. The van der Waals surface area contributed by atoms with Crippen LogP contribution in [0.5, 0.6) is 0 Å². The summed E-state index contributed by atoms with van der Waals surface area (Å²) in [5, 5.41) is 4.54. The third kappa shape index (κ3) is 2.58. The Morgan fingerprint density at radius 3 is 2.45 bits per heavy atom. The van der Waals surface area contributed by atoms with Gasteiger partial charge in [-0.3, -0.25) is 9.48 Å². The van der Waals surface area contributed by atoms with Gasteiger partial charge in [-0.1, -0.05) is 24.6 Å². The Bertz CT molecular complexity index is 647. The molecule has 0 spiro atoms. The maximum Gasteiger partial charge on any atom is 0.174 e. The van der Waals surface area contributed by atoms with Crippen LogP contribution < -0.4 is 0 Å². The van der Waals surface area contributed by atoms with Gasteiger partial charge in [0.2, 0.25) is 0 Å². The summed E-state index contributed by atoms with van der Waals surface area (Å²) >= 11 is 6.12. The van der Waals surface area contributed by atoms with Gasteiger partial charge in [-0.2, -0.15) is 5.10 Å². The van der Waals surface area contributed by atoms with Gasteiger partial charge in [0.1, 0.15) is 11.6 Å². The maximum absolute atomic E-state index is 13.6. The van der Waals surface area contributed by atoms with Crippen LogP contribution in [0, 0.1) is 11.6 Å². The second kappa shape index (κ2) is 5.71. The Morgan fingerprint density at radius 2 is 1.95 bits per heavy atom. The molecule has 0 aliphatic rings. The lowest BCUT2D eigenvalue weighted by atomic mass is 10.0. The van der Waals surface area contributed by atoms with Crippen molar-refractivity contribution in [3.05, 3.63) is 51.8 Å². The fraction of sp³-hybridized carbons (Fsp3) is 0.286. The van der Waals surface area contributed by atoms with E-state index in [1.165, 1.54) is 10.7 Å². The summed E-state index contributed by atoms with van der Waals surface area (Å²) in [5.74, 6) is -2.40. The van der Waals surface area contributed by atoms with Gasteiger partial charge in [0.05, 0.1) is 28.4 Å². The summed E-state index contributed by atoms with van der Waals surface area (Å²) in [4.78, 5) is 12.1. The van der Waals surface area contributed by atoms with Crippen molar-refractivity contribution in [1.82, 2.24) is 9.78 Å². The first-order valence-corrected chi connectivity index (χ1v) is 6.51. The van der Waals surface area contributed by atoms with Gasteiger partial charge in [0, 0.05) is 7.05 Å². The number of aromatic nitrogens is 2. The summed E-state index contributed by atoms with van der Waals surface area (Å²) < 4.78 is 28.6. The lowest BCUT2D eigenvalue weighted by molar-refractivity contribution is 0.0982. The molecule has 106 valence electrons. The number of carbonyl (C=O) groups excluding carboxylic acids is 1. The lowest BCUT2D eigenvalue weighted by Crippen LogP contribution is -2.12. The van der Waals surface area contributed by atoms with E-state index in [0.717, 1.165) is 12.1 Å². The molecule has 0 fully saturated rings. The van der Waals surface area contributed by atoms with Crippen LogP contribution in [0.4, 0.5) is 8.78 Å². The van der Waals surface area contributed by atoms with Crippen LogP contribution >= 0.6 is 11.6 Å². The number of halogens is 3. The molecule has 0 radical (unpaired) electrons. The highest BCUT2D eigenvalue weighted by Crippen LogP contribution is 2.23. The van der Waals surface area contributed by atoms with E-state index in [4.69, 9.17) is 11.6 Å². The van der Waals surface area contributed by atoms with Crippen molar-refractivity contribution in [2.24, 2.45) is 7.05 Å². The second-order valence-electron chi connectivity index (χ2n) is 4.38. The van der Waals surface area contributed by atoms with Crippen molar-refractivity contribution in [3.8, 4) is 0 Å². The van der Waals surface area contributed by atoms with E-state index in [9.17, 15) is 13.6 Å². The first-order chi connectivity index (χ1) is 9.45. The van der Waals surface area contributed by atoms with Gasteiger partial charge in [-0.25, -0.2) is 8.78 Å². The number of aryl methyl sites for hydroxylation is 2. The van der Waals surface area contributed by atoms with Crippen molar-refractivity contribution in [3.63, 3.8) is 0 Å². The molecule has 0 bridgehead atoms. The highest BCUT2D eigenvalue weighted by molar-refractivity contribution is 6.32. The average molecular weight is 299 g/mol. The molecule has 6 heteroatoms. The smallest absolute Gasteiger partial charge is 0.174 e. The van der Waals surface area contributed by atoms with Crippen molar-refractivity contribution in [2.45, 2.75) is 19.8 Å². The third-order valence-electron chi connectivity index (χ3n) is 3.07. The minimum atomic E-state index is -0.871. The summed E-state index contributed by atoms with van der Waals surface area (Å²) in [5.41, 5.74) is 0.574. The summed E-state index contributed by atoms with van der Waals surface area (Å²) in [6.07, 6.45) is 0.426. The van der Waals surface area contributed by atoms with Crippen molar-refractivity contribution in [1.29, 1.82) is 0 Å². The number of Topliss-reactive ketones (excluding diaryl/α,β-unsaturated/α-hetero) is 1. The first kappa shape index (κ1) is 14.7.